The Bertz CT molecular complexity index is 443. The van der Waals surface area contributed by atoms with Crippen LogP contribution >= 0.6 is 15.9 Å². The van der Waals surface area contributed by atoms with Crippen molar-refractivity contribution >= 4 is 21.7 Å². The predicted octanol–water partition coefficient (Wildman–Crippen LogP) is 2.88. The average Bonchev–Trinajstić information content (AvgIpc) is 2.91. The SMILES string of the molecule is Brc1nc2c(c(NCCC3CCCC3)n1)CNCC2. The zero-order valence-electron chi connectivity index (χ0n) is 11.2. The Morgan fingerprint density at radius 3 is 2.95 bits per heavy atom. The summed E-state index contributed by atoms with van der Waals surface area (Å²) in [6, 6.07) is 0. The van der Waals surface area contributed by atoms with E-state index in [0.717, 1.165) is 37.8 Å². The van der Waals surface area contributed by atoms with Crippen molar-refractivity contribution in [1.82, 2.24) is 15.3 Å². The topological polar surface area (TPSA) is 49.8 Å². The highest BCUT2D eigenvalue weighted by molar-refractivity contribution is 9.10. The highest BCUT2D eigenvalue weighted by Crippen LogP contribution is 2.28. The Kier molecular flexibility index (Phi) is 4.33. The molecule has 0 bridgehead atoms. The number of fused-ring (bicyclic) bond motifs is 1. The lowest BCUT2D eigenvalue weighted by molar-refractivity contribution is 0.518. The van der Waals surface area contributed by atoms with E-state index in [1.165, 1.54) is 43.4 Å². The molecule has 1 aliphatic carbocycles. The number of hydrogen-bond donors (Lipinski definition) is 2. The molecule has 1 fully saturated rings. The van der Waals surface area contributed by atoms with Crippen molar-refractivity contribution in [3.63, 3.8) is 0 Å². The zero-order valence-corrected chi connectivity index (χ0v) is 12.8. The second-order valence-electron chi connectivity index (χ2n) is 5.56. The molecule has 1 aliphatic heterocycles. The number of halogens is 1. The summed E-state index contributed by atoms with van der Waals surface area (Å²) >= 11 is 3.42. The summed E-state index contributed by atoms with van der Waals surface area (Å²) in [5.41, 5.74) is 2.44. The Labute approximate surface area is 122 Å². The van der Waals surface area contributed by atoms with E-state index in [4.69, 9.17) is 0 Å². The van der Waals surface area contributed by atoms with Gasteiger partial charge < -0.3 is 10.6 Å². The van der Waals surface area contributed by atoms with E-state index in [1.54, 1.807) is 0 Å². The third-order valence-corrected chi connectivity index (χ3v) is 4.58. The molecule has 0 unspecified atom stereocenters. The lowest BCUT2D eigenvalue weighted by Gasteiger charge is -2.20. The molecule has 2 heterocycles. The van der Waals surface area contributed by atoms with Crippen LogP contribution in [-0.4, -0.2) is 23.1 Å². The smallest absolute Gasteiger partial charge is 0.198 e. The molecule has 0 atom stereocenters. The number of nitrogens with one attached hydrogen (secondary N) is 2. The van der Waals surface area contributed by atoms with Crippen LogP contribution in [0, 0.1) is 5.92 Å². The van der Waals surface area contributed by atoms with Crippen molar-refractivity contribution < 1.29 is 0 Å². The van der Waals surface area contributed by atoms with Crippen molar-refractivity contribution in [2.24, 2.45) is 5.92 Å². The van der Waals surface area contributed by atoms with Gasteiger partial charge in [-0.15, -0.1) is 0 Å². The summed E-state index contributed by atoms with van der Waals surface area (Å²) in [5, 5.41) is 6.92. The van der Waals surface area contributed by atoms with Gasteiger partial charge in [-0.2, -0.15) is 0 Å². The Balaban J connectivity index is 1.64. The van der Waals surface area contributed by atoms with Gasteiger partial charge in [0.2, 0.25) is 0 Å². The fraction of sp³-hybridized carbons (Fsp3) is 0.714. The van der Waals surface area contributed by atoms with Crippen molar-refractivity contribution in [3.05, 3.63) is 16.0 Å². The number of nitrogens with zero attached hydrogens (tertiary/aromatic N) is 2. The lowest BCUT2D eigenvalue weighted by atomic mass is 10.0. The molecule has 0 aromatic carbocycles. The molecular weight excluding hydrogens is 304 g/mol. The molecule has 4 nitrogen and oxygen atoms in total. The minimum atomic E-state index is 0.705. The Morgan fingerprint density at radius 1 is 1.26 bits per heavy atom. The fourth-order valence-corrected chi connectivity index (χ4v) is 3.54. The summed E-state index contributed by atoms with van der Waals surface area (Å²) < 4.78 is 0.705. The summed E-state index contributed by atoms with van der Waals surface area (Å²) in [6.07, 6.45) is 7.92. The Hall–Kier alpha value is -0.680. The fourth-order valence-electron chi connectivity index (χ4n) is 3.15. The lowest BCUT2D eigenvalue weighted by Crippen LogP contribution is -2.26. The molecule has 2 aliphatic rings. The summed E-state index contributed by atoms with van der Waals surface area (Å²) in [7, 11) is 0. The van der Waals surface area contributed by atoms with E-state index >= 15 is 0 Å². The molecule has 2 N–H and O–H groups in total. The minimum absolute atomic E-state index is 0.705. The second kappa shape index (κ2) is 6.18. The highest BCUT2D eigenvalue weighted by Gasteiger charge is 2.18. The second-order valence-corrected chi connectivity index (χ2v) is 6.27. The van der Waals surface area contributed by atoms with Gasteiger partial charge in [-0.3, -0.25) is 0 Å². The van der Waals surface area contributed by atoms with Crippen molar-refractivity contribution in [2.75, 3.05) is 18.4 Å². The van der Waals surface area contributed by atoms with Gasteiger partial charge in [0.15, 0.2) is 4.73 Å². The molecule has 0 radical (unpaired) electrons. The molecule has 1 aromatic rings. The first-order chi connectivity index (χ1) is 9.33. The first kappa shape index (κ1) is 13.3. The molecule has 104 valence electrons. The van der Waals surface area contributed by atoms with E-state index in [2.05, 4.69) is 36.5 Å². The van der Waals surface area contributed by atoms with Gasteiger partial charge in [-0.1, -0.05) is 25.7 Å². The molecule has 3 rings (SSSR count). The first-order valence-corrected chi connectivity index (χ1v) is 8.12. The van der Waals surface area contributed by atoms with E-state index < -0.39 is 0 Å². The van der Waals surface area contributed by atoms with Crippen LogP contribution in [0.5, 0.6) is 0 Å². The van der Waals surface area contributed by atoms with Gasteiger partial charge in [-0.05, 0) is 28.3 Å². The van der Waals surface area contributed by atoms with Crippen molar-refractivity contribution in [1.29, 1.82) is 0 Å². The maximum atomic E-state index is 4.51. The minimum Gasteiger partial charge on any atom is -0.370 e. The first-order valence-electron chi connectivity index (χ1n) is 7.33. The molecule has 1 saturated carbocycles. The van der Waals surface area contributed by atoms with Gasteiger partial charge >= 0.3 is 0 Å². The summed E-state index contributed by atoms with van der Waals surface area (Å²) in [5.74, 6) is 1.94. The van der Waals surface area contributed by atoms with Crippen molar-refractivity contribution in [2.45, 2.75) is 45.1 Å². The third-order valence-electron chi connectivity index (χ3n) is 4.23. The van der Waals surface area contributed by atoms with Gasteiger partial charge in [0, 0.05) is 31.6 Å². The molecule has 0 saturated heterocycles. The van der Waals surface area contributed by atoms with Crippen LogP contribution in [0.3, 0.4) is 0 Å². The standard InChI is InChI=1S/C14H21BrN4/c15-14-18-12-6-7-16-9-11(12)13(19-14)17-8-5-10-3-1-2-4-10/h10,16H,1-9H2,(H,17,18,19). The van der Waals surface area contributed by atoms with Crippen molar-refractivity contribution in [3.8, 4) is 0 Å². The van der Waals surface area contributed by atoms with E-state index in [-0.39, 0.29) is 0 Å². The van der Waals surface area contributed by atoms with Crippen LogP contribution in [0.25, 0.3) is 0 Å². The van der Waals surface area contributed by atoms with Crippen LogP contribution in [0.15, 0.2) is 4.73 Å². The normalized spacial score (nSPS) is 19.4. The van der Waals surface area contributed by atoms with Crippen LogP contribution < -0.4 is 10.6 Å². The van der Waals surface area contributed by atoms with Crippen LogP contribution in [0.4, 0.5) is 5.82 Å². The monoisotopic (exact) mass is 324 g/mol. The van der Waals surface area contributed by atoms with Crippen LogP contribution in [0.2, 0.25) is 0 Å². The number of hydrogen-bond acceptors (Lipinski definition) is 4. The van der Waals surface area contributed by atoms with E-state index in [9.17, 15) is 0 Å². The molecular formula is C14H21BrN4. The maximum Gasteiger partial charge on any atom is 0.198 e. The average molecular weight is 325 g/mol. The van der Waals surface area contributed by atoms with Gasteiger partial charge in [0.05, 0.1) is 5.69 Å². The molecule has 0 spiro atoms. The predicted molar refractivity (Wildman–Crippen MR) is 80.2 cm³/mol. The molecule has 1 aromatic heterocycles. The summed E-state index contributed by atoms with van der Waals surface area (Å²) in [4.78, 5) is 8.99. The molecule has 5 heteroatoms. The van der Waals surface area contributed by atoms with Gasteiger partial charge in [0.25, 0.3) is 0 Å². The third kappa shape index (κ3) is 3.26. The van der Waals surface area contributed by atoms with Gasteiger partial charge in [0.1, 0.15) is 5.82 Å². The zero-order chi connectivity index (χ0) is 13.1. The molecule has 0 amide bonds. The highest BCUT2D eigenvalue weighted by atomic mass is 79.9. The molecule has 19 heavy (non-hydrogen) atoms. The quantitative estimate of drug-likeness (QED) is 0.836. The summed E-state index contributed by atoms with van der Waals surface area (Å²) in [6.45, 7) is 2.92. The van der Waals surface area contributed by atoms with E-state index in [0.29, 0.717) is 4.73 Å². The Morgan fingerprint density at radius 2 is 2.11 bits per heavy atom. The van der Waals surface area contributed by atoms with Gasteiger partial charge in [-0.25, -0.2) is 9.97 Å². The van der Waals surface area contributed by atoms with Crippen LogP contribution in [-0.2, 0) is 13.0 Å². The number of anilines is 1. The number of aromatic nitrogens is 2. The largest absolute Gasteiger partial charge is 0.370 e. The van der Waals surface area contributed by atoms with E-state index in [1.807, 2.05) is 0 Å². The number of rotatable bonds is 4. The maximum absolute atomic E-state index is 4.51. The van der Waals surface area contributed by atoms with Crippen LogP contribution in [0.1, 0.15) is 43.4 Å².